The topological polar surface area (TPSA) is 24.1 Å². The van der Waals surface area contributed by atoms with Crippen LogP contribution in [0.25, 0.3) is 0 Å². The summed E-state index contributed by atoms with van der Waals surface area (Å²) in [5, 5.41) is 7.79. The highest BCUT2D eigenvalue weighted by molar-refractivity contribution is 7.80. The summed E-state index contributed by atoms with van der Waals surface area (Å²) in [4.78, 5) is 0. The van der Waals surface area contributed by atoms with E-state index in [1.807, 2.05) is 43.3 Å². The molecule has 2 aromatic carbocycles. The molecule has 22 heavy (non-hydrogen) atoms. The second-order valence-electron chi connectivity index (χ2n) is 6.29. The van der Waals surface area contributed by atoms with Crippen molar-refractivity contribution in [1.82, 2.24) is 0 Å². The van der Waals surface area contributed by atoms with Crippen molar-refractivity contribution in [2.75, 3.05) is 10.6 Å². The lowest BCUT2D eigenvalue weighted by molar-refractivity contribution is 0.592. The van der Waals surface area contributed by atoms with Crippen LogP contribution < -0.4 is 10.6 Å². The minimum absolute atomic E-state index is 0.0468. The fourth-order valence-corrected chi connectivity index (χ4v) is 2.66. The Balaban J connectivity index is 2.18. The van der Waals surface area contributed by atoms with Gasteiger partial charge in [0.25, 0.3) is 0 Å². The van der Waals surface area contributed by atoms with Gasteiger partial charge in [-0.2, -0.15) is 0 Å². The molecule has 0 saturated carbocycles. The Morgan fingerprint density at radius 3 is 2.23 bits per heavy atom. The summed E-state index contributed by atoms with van der Waals surface area (Å²) in [6, 6.07) is 13.9. The van der Waals surface area contributed by atoms with Gasteiger partial charge in [-0.1, -0.05) is 56.6 Å². The van der Waals surface area contributed by atoms with Crippen LogP contribution >= 0.6 is 23.8 Å². The molecule has 2 rings (SSSR count). The molecule has 2 aromatic rings. The maximum atomic E-state index is 6.14. The molecule has 0 aromatic heterocycles. The van der Waals surface area contributed by atoms with Gasteiger partial charge in [-0.3, -0.25) is 0 Å². The third-order valence-electron chi connectivity index (χ3n) is 3.50. The summed E-state index contributed by atoms with van der Waals surface area (Å²) in [6.45, 7) is 8.53. The molecule has 0 amide bonds. The number of hydrogen-bond donors (Lipinski definition) is 2. The van der Waals surface area contributed by atoms with Crippen LogP contribution in [0.5, 0.6) is 0 Å². The van der Waals surface area contributed by atoms with Gasteiger partial charge in [-0.15, -0.1) is 0 Å². The summed E-state index contributed by atoms with van der Waals surface area (Å²) in [5.41, 5.74) is 4.19. The van der Waals surface area contributed by atoms with E-state index in [9.17, 15) is 0 Å². The monoisotopic (exact) mass is 332 g/mol. The highest BCUT2D eigenvalue weighted by Gasteiger charge is 2.18. The quantitative estimate of drug-likeness (QED) is 0.684. The van der Waals surface area contributed by atoms with Gasteiger partial charge in [0.2, 0.25) is 0 Å². The van der Waals surface area contributed by atoms with E-state index in [0.717, 1.165) is 22.0 Å². The molecule has 0 aliphatic heterocycles. The van der Waals surface area contributed by atoms with Crippen LogP contribution in [0, 0.1) is 6.92 Å². The zero-order valence-electron chi connectivity index (χ0n) is 13.3. The van der Waals surface area contributed by atoms with Crippen molar-refractivity contribution in [1.29, 1.82) is 0 Å². The van der Waals surface area contributed by atoms with Gasteiger partial charge in [0.05, 0.1) is 0 Å². The molecule has 0 aliphatic rings. The van der Waals surface area contributed by atoms with Crippen LogP contribution in [0.4, 0.5) is 11.4 Å². The van der Waals surface area contributed by atoms with Gasteiger partial charge in [0.15, 0.2) is 5.11 Å². The zero-order valence-corrected chi connectivity index (χ0v) is 14.9. The van der Waals surface area contributed by atoms with Crippen LogP contribution in [0.1, 0.15) is 31.9 Å². The van der Waals surface area contributed by atoms with Gasteiger partial charge in [0.1, 0.15) is 0 Å². The van der Waals surface area contributed by atoms with Crippen LogP contribution in [0.3, 0.4) is 0 Å². The van der Waals surface area contributed by atoms with Crippen molar-refractivity contribution in [2.45, 2.75) is 33.1 Å². The van der Waals surface area contributed by atoms with E-state index in [1.54, 1.807) is 0 Å². The minimum Gasteiger partial charge on any atom is -0.332 e. The predicted octanol–water partition coefficient (Wildman–Crippen LogP) is 5.75. The Kier molecular flexibility index (Phi) is 5.09. The molecule has 0 unspecified atom stereocenters. The number of hydrogen-bond acceptors (Lipinski definition) is 1. The second kappa shape index (κ2) is 6.67. The Bertz CT molecular complexity index is 690. The van der Waals surface area contributed by atoms with Crippen LogP contribution in [-0.4, -0.2) is 5.11 Å². The number of benzene rings is 2. The summed E-state index contributed by atoms with van der Waals surface area (Å²) in [6.07, 6.45) is 0. The molecule has 0 spiro atoms. The Morgan fingerprint density at radius 2 is 1.55 bits per heavy atom. The first kappa shape index (κ1) is 16.8. The molecule has 2 nitrogen and oxygen atoms in total. The molecular formula is C18H21ClN2S. The fourth-order valence-electron chi connectivity index (χ4n) is 2.26. The van der Waals surface area contributed by atoms with E-state index in [4.69, 9.17) is 23.8 Å². The van der Waals surface area contributed by atoms with Crippen molar-refractivity contribution in [3.05, 3.63) is 58.6 Å². The van der Waals surface area contributed by atoms with Crippen LogP contribution in [0.15, 0.2) is 42.5 Å². The molecule has 0 saturated heterocycles. The largest absolute Gasteiger partial charge is 0.332 e. The molecule has 0 radical (unpaired) electrons. The molecule has 2 N–H and O–H groups in total. The number of nitrogens with one attached hydrogen (secondary N) is 2. The second-order valence-corrected chi connectivity index (χ2v) is 7.10. The maximum Gasteiger partial charge on any atom is 0.175 e. The van der Waals surface area contributed by atoms with E-state index >= 15 is 0 Å². The van der Waals surface area contributed by atoms with Gasteiger partial charge in [-0.05, 0) is 53.9 Å². The van der Waals surface area contributed by atoms with E-state index in [-0.39, 0.29) is 5.41 Å². The average molecular weight is 333 g/mol. The summed E-state index contributed by atoms with van der Waals surface area (Å²) in [5.74, 6) is 0. The van der Waals surface area contributed by atoms with Crippen molar-refractivity contribution >= 4 is 40.3 Å². The van der Waals surface area contributed by atoms with E-state index in [2.05, 4.69) is 37.5 Å². The van der Waals surface area contributed by atoms with Crippen LogP contribution in [-0.2, 0) is 5.41 Å². The predicted molar refractivity (Wildman–Crippen MR) is 101 cm³/mol. The smallest absolute Gasteiger partial charge is 0.175 e. The summed E-state index contributed by atoms with van der Waals surface area (Å²) >= 11 is 11.6. The van der Waals surface area contributed by atoms with E-state index in [1.165, 1.54) is 5.56 Å². The third kappa shape index (κ3) is 3.99. The standard InChI is InChI=1S/C18H21ClN2S/c1-12-14(19)9-7-11-15(12)20-17(22)21-16-10-6-5-8-13(16)18(2,3)4/h5-11H,1-4H3,(H2,20,21,22). The highest BCUT2D eigenvalue weighted by Crippen LogP contribution is 2.29. The molecule has 0 heterocycles. The lowest BCUT2D eigenvalue weighted by atomic mass is 9.86. The Hall–Kier alpha value is -1.58. The lowest BCUT2D eigenvalue weighted by Gasteiger charge is -2.24. The number of para-hydroxylation sites is 1. The molecule has 4 heteroatoms. The maximum absolute atomic E-state index is 6.14. The number of thiocarbonyl (C=S) groups is 1. The SMILES string of the molecule is Cc1c(Cl)cccc1NC(=S)Nc1ccccc1C(C)(C)C. The van der Waals surface area contributed by atoms with E-state index < -0.39 is 0 Å². The molecular weight excluding hydrogens is 312 g/mol. The first-order valence-electron chi connectivity index (χ1n) is 7.21. The van der Waals surface area contributed by atoms with Gasteiger partial charge < -0.3 is 10.6 Å². The fraction of sp³-hybridized carbons (Fsp3) is 0.278. The normalized spacial score (nSPS) is 11.1. The summed E-state index contributed by atoms with van der Waals surface area (Å²) < 4.78 is 0. The zero-order chi connectivity index (χ0) is 16.3. The van der Waals surface area contributed by atoms with E-state index in [0.29, 0.717) is 5.11 Å². The third-order valence-corrected chi connectivity index (χ3v) is 4.11. The molecule has 0 fully saturated rings. The molecule has 0 bridgehead atoms. The number of anilines is 2. The van der Waals surface area contributed by atoms with Gasteiger partial charge in [0, 0.05) is 16.4 Å². The Labute approximate surface area is 142 Å². The van der Waals surface area contributed by atoms with Crippen molar-refractivity contribution in [3.63, 3.8) is 0 Å². The minimum atomic E-state index is 0.0468. The van der Waals surface area contributed by atoms with Crippen molar-refractivity contribution < 1.29 is 0 Å². The molecule has 0 atom stereocenters. The number of halogens is 1. The highest BCUT2D eigenvalue weighted by atomic mass is 35.5. The summed E-state index contributed by atoms with van der Waals surface area (Å²) in [7, 11) is 0. The van der Waals surface area contributed by atoms with Crippen molar-refractivity contribution in [3.8, 4) is 0 Å². The van der Waals surface area contributed by atoms with Gasteiger partial charge in [-0.25, -0.2) is 0 Å². The van der Waals surface area contributed by atoms with Crippen molar-refractivity contribution in [2.24, 2.45) is 0 Å². The first-order chi connectivity index (χ1) is 10.3. The lowest BCUT2D eigenvalue weighted by Crippen LogP contribution is -2.23. The Morgan fingerprint density at radius 1 is 0.955 bits per heavy atom. The first-order valence-corrected chi connectivity index (χ1v) is 8.00. The number of rotatable bonds is 2. The molecule has 116 valence electrons. The van der Waals surface area contributed by atoms with Crippen LogP contribution in [0.2, 0.25) is 5.02 Å². The van der Waals surface area contributed by atoms with Gasteiger partial charge >= 0.3 is 0 Å². The molecule has 0 aliphatic carbocycles. The average Bonchev–Trinajstić information content (AvgIpc) is 2.43.